The van der Waals surface area contributed by atoms with Crippen molar-refractivity contribution >= 4 is 8.56 Å². The van der Waals surface area contributed by atoms with Gasteiger partial charge < -0.3 is 8.85 Å². The van der Waals surface area contributed by atoms with E-state index in [1.807, 2.05) is 0 Å². The number of unbranched alkanes of at least 4 members (excludes halogenated alkanes) is 9. The molecule has 0 rings (SSSR count). The van der Waals surface area contributed by atoms with Gasteiger partial charge in [-0.05, 0) is 30.8 Å². The minimum atomic E-state index is -1.98. The molecule has 0 N–H and O–H groups in total. The van der Waals surface area contributed by atoms with Crippen LogP contribution >= 0.6 is 0 Å². The third-order valence-electron chi connectivity index (χ3n) is 5.45. The van der Waals surface area contributed by atoms with Gasteiger partial charge in [0.15, 0.2) is 0 Å². The zero-order chi connectivity index (χ0) is 19.0. The third-order valence-corrected chi connectivity index (χ3v) is 9.07. The van der Waals surface area contributed by atoms with Gasteiger partial charge in [0.1, 0.15) is 0 Å². The van der Waals surface area contributed by atoms with E-state index in [0.29, 0.717) is 12.0 Å². The summed E-state index contributed by atoms with van der Waals surface area (Å²) in [5.74, 6) is 0.580. The Morgan fingerprint density at radius 2 is 1.16 bits per heavy atom. The summed E-state index contributed by atoms with van der Waals surface area (Å²) < 4.78 is 13.0. The van der Waals surface area contributed by atoms with Crippen LogP contribution < -0.4 is 0 Å². The van der Waals surface area contributed by atoms with E-state index in [1.54, 1.807) is 0 Å². The van der Waals surface area contributed by atoms with Crippen molar-refractivity contribution in [2.75, 3.05) is 6.61 Å². The molecule has 152 valence electrons. The molecule has 0 saturated heterocycles. The lowest BCUT2D eigenvalue weighted by Crippen LogP contribution is -2.45. The maximum absolute atomic E-state index is 6.56. The van der Waals surface area contributed by atoms with Crippen molar-refractivity contribution in [3.63, 3.8) is 0 Å². The molecule has 1 atom stereocenters. The first-order valence-corrected chi connectivity index (χ1v) is 13.6. The first-order valence-electron chi connectivity index (χ1n) is 11.4. The van der Waals surface area contributed by atoms with Crippen LogP contribution in [0.2, 0.25) is 12.1 Å². The van der Waals surface area contributed by atoms with E-state index in [-0.39, 0.29) is 0 Å². The van der Waals surface area contributed by atoms with Gasteiger partial charge in [0, 0.05) is 12.7 Å². The standard InChI is InChI=1S/C22H48O2Si/c1-7-11-12-13-14-15-16-17-18-19-20-23-25(9-3,10-4)24-22(8-2)21(5)6/h21-22H,7-20H2,1-6H3. The second-order valence-corrected chi connectivity index (χ2v) is 11.7. The van der Waals surface area contributed by atoms with E-state index >= 15 is 0 Å². The molecule has 0 amide bonds. The summed E-state index contributed by atoms with van der Waals surface area (Å²) in [6.07, 6.45) is 15.2. The van der Waals surface area contributed by atoms with Crippen LogP contribution in [0.1, 0.15) is 112 Å². The van der Waals surface area contributed by atoms with E-state index in [0.717, 1.165) is 25.1 Å². The number of hydrogen-bond donors (Lipinski definition) is 0. The molecule has 0 radical (unpaired) electrons. The van der Waals surface area contributed by atoms with Crippen LogP contribution in [-0.4, -0.2) is 21.3 Å². The molecule has 0 aromatic heterocycles. The molecule has 0 saturated carbocycles. The lowest BCUT2D eigenvalue weighted by atomic mass is 10.1. The highest BCUT2D eigenvalue weighted by Crippen LogP contribution is 2.25. The fourth-order valence-corrected chi connectivity index (χ4v) is 6.29. The minimum Gasteiger partial charge on any atom is -0.394 e. The fourth-order valence-electron chi connectivity index (χ4n) is 3.47. The smallest absolute Gasteiger partial charge is 0.337 e. The van der Waals surface area contributed by atoms with Gasteiger partial charge in [0.05, 0.1) is 0 Å². The first-order chi connectivity index (χ1) is 12.0. The van der Waals surface area contributed by atoms with Gasteiger partial charge in [-0.2, -0.15) is 0 Å². The van der Waals surface area contributed by atoms with Crippen LogP contribution in [-0.2, 0) is 8.85 Å². The predicted molar refractivity (Wildman–Crippen MR) is 115 cm³/mol. The molecule has 0 bridgehead atoms. The lowest BCUT2D eigenvalue weighted by Gasteiger charge is -2.34. The van der Waals surface area contributed by atoms with Crippen LogP contribution in [0, 0.1) is 5.92 Å². The van der Waals surface area contributed by atoms with Gasteiger partial charge in [-0.3, -0.25) is 0 Å². The van der Waals surface area contributed by atoms with E-state index in [9.17, 15) is 0 Å². The molecule has 0 heterocycles. The highest BCUT2D eigenvalue weighted by atomic mass is 28.4. The molecule has 3 heteroatoms. The maximum atomic E-state index is 6.56. The summed E-state index contributed by atoms with van der Waals surface area (Å²) in [5, 5.41) is 0. The summed E-state index contributed by atoms with van der Waals surface area (Å²) in [6.45, 7) is 14.5. The summed E-state index contributed by atoms with van der Waals surface area (Å²) in [7, 11) is -1.98. The van der Waals surface area contributed by atoms with Crippen LogP contribution in [0.5, 0.6) is 0 Å². The first kappa shape index (κ1) is 25.1. The molecule has 0 aromatic rings. The van der Waals surface area contributed by atoms with Crippen molar-refractivity contribution in [3.8, 4) is 0 Å². The van der Waals surface area contributed by atoms with Crippen LogP contribution in [0.15, 0.2) is 0 Å². The summed E-state index contributed by atoms with van der Waals surface area (Å²) in [4.78, 5) is 0. The third kappa shape index (κ3) is 12.2. The number of rotatable bonds is 18. The molecule has 0 aliphatic carbocycles. The Bertz CT molecular complexity index is 277. The van der Waals surface area contributed by atoms with Crippen molar-refractivity contribution < 1.29 is 8.85 Å². The van der Waals surface area contributed by atoms with Crippen molar-refractivity contribution in [3.05, 3.63) is 0 Å². The van der Waals surface area contributed by atoms with Gasteiger partial charge >= 0.3 is 8.56 Å². The molecule has 0 aliphatic rings. The Balaban J connectivity index is 3.86. The molecular weight excluding hydrogens is 324 g/mol. The zero-order valence-electron chi connectivity index (χ0n) is 18.4. The Hall–Kier alpha value is 0.137. The van der Waals surface area contributed by atoms with Crippen molar-refractivity contribution in [2.24, 2.45) is 5.92 Å². The van der Waals surface area contributed by atoms with Crippen molar-refractivity contribution in [1.82, 2.24) is 0 Å². The predicted octanol–water partition coefficient (Wildman–Crippen LogP) is 7.86. The molecule has 0 spiro atoms. The molecule has 0 fully saturated rings. The van der Waals surface area contributed by atoms with Gasteiger partial charge in [0.25, 0.3) is 0 Å². The van der Waals surface area contributed by atoms with Crippen LogP contribution in [0.3, 0.4) is 0 Å². The summed E-state index contributed by atoms with van der Waals surface area (Å²) in [5.41, 5.74) is 0. The second kappa shape index (κ2) is 16.3. The van der Waals surface area contributed by atoms with Gasteiger partial charge in [-0.1, -0.05) is 99.3 Å². The molecule has 1 unspecified atom stereocenters. The Morgan fingerprint density at radius 1 is 0.680 bits per heavy atom. The fraction of sp³-hybridized carbons (Fsp3) is 1.00. The Kier molecular flexibility index (Phi) is 16.4. The Labute approximate surface area is 160 Å². The zero-order valence-corrected chi connectivity index (χ0v) is 19.4. The number of hydrogen-bond acceptors (Lipinski definition) is 2. The van der Waals surface area contributed by atoms with Gasteiger partial charge in [-0.15, -0.1) is 0 Å². The molecular formula is C22H48O2Si. The van der Waals surface area contributed by atoms with E-state index in [4.69, 9.17) is 8.85 Å². The van der Waals surface area contributed by atoms with Crippen LogP contribution in [0.25, 0.3) is 0 Å². The Morgan fingerprint density at radius 3 is 1.56 bits per heavy atom. The lowest BCUT2D eigenvalue weighted by molar-refractivity contribution is 0.0788. The van der Waals surface area contributed by atoms with Crippen LogP contribution in [0.4, 0.5) is 0 Å². The highest BCUT2D eigenvalue weighted by molar-refractivity contribution is 6.67. The summed E-state index contributed by atoms with van der Waals surface area (Å²) in [6, 6.07) is 2.15. The SMILES string of the molecule is CCCCCCCCCCCCO[Si](CC)(CC)OC(CC)C(C)C. The molecule has 0 aliphatic heterocycles. The highest BCUT2D eigenvalue weighted by Gasteiger charge is 2.36. The molecule has 0 aromatic carbocycles. The topological polar surface area (TPSA) is 18.5 Å². The van der Waals surface area contributed by atoms with Crippen molar-refractivity contribution in [1.29, 1.82) is 0 Å². The van der Waals surface area contributed by atoms with Gasteiger partial charge in [0.2, 0.25) is 0 Å². The van der Waals surface area contributed by atoms with Crippen molar-refractivity contribution in [2.45, 2.75) is 130 Å². The normalized spacial score (nSPS) is 13.6. The van der Waals surface area contributed by atoms with E-state index < -0.39 is 8.56 Å². The molecule has 25 heavy (non-hydrogen) atoms. The summed E-state index contributed by atoms with van der Waals surface area (Å²) >= 11 is 0. The van der Waals surface area contributed by atoms with E-state index in [1.165, 1.54) is 64.2 Å². The van der Waals surface area contributed by atoms with E-state index in [2.05, 4.69) is 41.5 Å². The largest absolute Gasteiger partial charge is 0.394 e. The maximum Gasteiger partial charge on any atom is 0.337 e. The quantitative estimate of drug-likeness (QED) is 0.180. The average molecular weight is 373 g/mol. The molecule has 2 nitrogen and oxygen atoms in total. The second-order valence-electron chi connectivity index (χ2n) is 7.96. The monoisotopic (exact) mass is 372 g/mol. The minimum absolute atomic E-state index is 0.360. The average Bonchev–Trinajstić information content (AvgIpc) is 2.62. The van der Waals surface area contributed by atoms with Gasteiger partial charge in [-0.25, -0.2) is 0 Å².